The third kappa shape index (κ3) is 2.59. The van der Waals surface area contributed by atoms with Crippen LogP contribution in [-0.2, 0) is 6.42 Å². The van der Waals surface area contributed by atoms with E-state index in [2.05, 4.69) is 101 Å². The zero-order valence-electron chi connectivity index (χ0n) is 17.9. The molecule has 0 fully saturated rings. The first-order chi connectivity index (χ1) is 15.9. The molecule has 2 heteroatoms. The monoisotopic (exact) mass is 412 g/mol. The standard InChI is InChI=1S/C30H24N2/c1-2-8-22(9-3-1)32-29-13-7-5-11-24(29)26-19-21(15-17-30(26)32)20-14-16-28-25(18-20)23-10-4-6-12-27(23)31-28/h1-2,4-5,7-8,10-11,13-19,31H,3,6,9,12H2. The predicted molar refractivity (Wildman–Crippen MR) is 137 cm³/mol. The zero-order chi connectivity index (χ0) is 21.1. The smallest absolute Gasteiger partial charge is 0.0538 e. The van der Waals surface area contributed by atoms with Gasteiger partial charge in [-0.05, 0) is 73.2 Å². The van der Waals surface area contributed by atoms with E-state index in [1.807, 2.05) is 0 Å². The lowest BCUT2D eigenvalue weighted by Gasteiger charge is -2.14. The first kappa shape index (κ1) is 17.9. The lowest BCUT2D eigenvalue weighted by Crippen LogP contribution is -1.98. The number of aromatic amines is 1. The summed E-state index contributed by atoms with van der Waals surface area (Å²) >= 11 is 0. The van der Waals surface area contributed by atoms with Gasteiger partial charge in [-0.3, -0.25) is 0 Å². The third-order valence-electron chi connectivity index (χ3n) is 7.05. The van der Waals surface area contributed by atoms with E-state index < -0.39 is 0 Å². The van der Waals surface area contributed by atoms with E-state index in [1.54, 1.807) is 0 Å². The van der Waals surface area contributed by atoms with Crippen molar-refractivity contribution in [3.05, 3.63) is 96.2 Å². The maximum absolute atomic E-state index is 3.62. The molecule has 0 aliphatic heterocycles. The molecule has 2 heterocycles. The van der Waals surface area contributed by atoms with Crippen LogP contribution in [0.5, 0.6) is 0 Å². The number of fused-ring (bicyclic) bond motifs is 6. The van der Waals surface area contributed by atoms with E-state index in [1.165, 1.54) is 60.8 Å². The molecule has 2 aromatic heterocycles. The van der Waals surface area contributed by atoms with E-state index in [9.17, 15) is 0 Å². The normalized spacial score (nSPS) is 15.6. The molecule has 2 aliphatic rings. The summed E-state index contributed by atoms with van der Waals surface area (Å²) in [6.07, 6.45) is 15.7. The first-order valence-corrected chi connectivity index (χ1v) is 11.6. The summed E-state index contributed by atoms with van der Waals surface area (Å²) in [6.45, 7) is 0. The van der Waals surface area contributed by atoms with Gasteiger partial charge < -0.3 is 9.55 Å². The van der Waals surface area contributed by atoms with Crippen LogP contribution in [-0.4, -0.2) is 9.55 Å². The Morgan fingerprint density at radius 1 is 0.719 bits per heavy atom. The van der Waals surface area contributed by atoms with Crippen LogP contribution in [0, 0.1) is 0 Å². The molecule has 0 bridgehead atoms. The maximum atomic E-state index is 3.62. The van der Waals surface area contributed by atoms with Crippen LogP contribution in [0.15, 0.2) is 85.0 Å². The van der Waals surface area contributed by atoms with E-state index in [4.69, 9.17) is 0 Å². The van der Waals surface area contributed by atoms with Crippen molar-refractivity contribution in [3.8, 4) is 11.1 Å². The minimum atomic E-state index is 1.08. The van der Waals surface area contributed by atoms with Crippen molar-refractivity contribution < 1.29 is 0 Å². The van der Waals surface area contributed by atoms with Gasteiger partial charge in [0.1, 0.15) is 0 Å². The number of hydrogen-bond donors (Lipinski definition) is 1. The number of allylic oxidation sites excluding steroid dienone is 5. The van der Waals surface area contributed by atoms with Crippen molar-refractivity contribution in [2.45, 2.75) is 25.7 Å². The van der Waals surface area contributed by atoms with Crippen molar-refractivity contribution in [2.75, 3.05) is 0 Å². The van der Waals surface area contributed by atoms with Gasteiger partial charge in [0.2, 0.25) is 0 Å². The number of hydrogen-bond acceptors (Lipinski definition) is 0. The molecule has 154 valence electrons. The molecule has 3 aromatic carbocycles. The van der Waals surface area contributed by atoms with Crippen LogP contribution in [0.3, 0.4) is 0 Å². The van der Waals surface area contributed by atoms with Crippen LogP contribution >= 0.6 is 0 Å². The SMILES string of the molecule is C1=CCCC(n2c3ccccc3c3cc(-c4ccc5[nH]c6c(c5c4)C=CCC6)ccc32)=C1. The average Bonchev–Trinajstić information content (AvgIpc) is 3.39. The van der Waals surface area contributed by atoms with Gasteiger partial charge >= 0.3 is 0 Å². The van der Waals surface area contributed by atoms with Gasteiger partial charge in [0, 0.05) is 38.6 Å². The zero-order valence-corrected chi connectivity index (χ0v) is 17.9. The topological polar surface area (TPSA) is 20.7 Å². The lowest BCUT2D eigenvalue weighted by atomic mass is 9.98. The van der Waals surface area contributed by atoms with E-state index in [-0.39, 0.29) is 0 Å². The molecule has 2 aliphatic carbocycles. The number of nitrogens with zero attached hydrogens (tertiary/aromatic N) is 1. The highest BCUT2D eigenvalue weighted by Gasteiger charge is 2.16. The molecule has 0 saturated heterocycles. The fraction of sp³-hybridized carbons (Fsp3) is 0.133. The average molecular weight is 413 g/mol. The van der Waals surface area contributed by atoms with Crippen molar-refractivity contribution in [2.24, 2.45) is 0 Å². The summed E-state index contributed by atoms with van der Waals surface area (Å²) in [5.41, 5.74) is 10.5. The molecule has 1 N–H and O–H groups in total. The van der Waals surface area contributed by atoms with Crippen molar-refractivity contribution in [1.82, 2.24) is 9.55 Å². The van der Waals surface area contributed by atoms with E-state index in [0.29, 0.717) is 0 Å². The molecule has 5 aromatic rings. The number of H-pyrrole nitrogens is 1. The summed E-state index contributed by atoms with van der Waals surface area (Å²) in [4.78, 5) is 3.62. The molecule has 0 spiro atoms. The minimum Gasteiger partial charge on any atom is -0.358 e. The number of para-hydroxylation sites is 1. The highest BCUT2D eigenvalue weighted by Crippen LogP contribution is 2.37. The number of aromatic nitrogens is 2. The molecule has 0 amide bonds. The van der Waals surface area contributed by atoms with Gasteiger partial charge in [-0.15, -0.1) is 0 Å². The van der Waals surface area contributed by atoms with Crippen LogP contribution in [0.25, 0.3) is 55.6 Å². The van der Waals surface area contributed by atoms with Gasteiger partial charge in [-0.25, -0.2) is 0 Å². The van der Waals surface area contributed by atoms with Crippen LogP contribution in [0.1, 0.15) is 30.5 Å². The summed E-state index contributed by atoms with van der Waals surface area (Å²) in [7, 11) is 0. The number of nitrogens with one attached hydrogen (secondary N) is 1. The Labute approximate surface area is 187 Å². The minimum absolute atomic E-state index is 1.08. The van der Waals surface area contributed by atoms with E-state index >= 15 is 0 Å². The number of aryl methyl sites for hydroxylation is 1. The molecule has 0 saturated carbocycles. The highest BCUT2D eigenvalue weighted by atomic mass is 15.0. The summed E-state index contributed by atoms with van der Waals surface area (Å²) in [5, 5.41) is 3.97. The summed E-state index contributed by atoms with van der Waals surface area (Å²) < 4.78 is 2.45. The second-order valence-electron chi connectivity index (χ2n) is 8.93. The van der Waals surface area contributed by atoms with Gasteiger partial charge in [-0.1, -0.05) is 54.6 Å². The Bertz CT molecular complexity index is 1620. The molecular weight excluding hydrogens is 388 g/mol. The largest absolute Gasteiger partial charge is 0.358 e. The molecule has 2 nitrogen and oxygen atoms in total. The molecular formula is C30H24N2. The van der Waals surface area contributed by atoms with Crippen molar-refractivity contribution >= 4 is 44.5 Å². The third-order valence-corrected chi connectivity index (χ3v) is 7.05. The Morgan fingerprint density at radius 3 is 2.44 bits per heavy atom. The Morgan fingerprint density at radius 2 is 1.53 bits per heavy atom. The quantitative estimate of drug-likeness (QED) is 0.302. The fourth-order valence-electron chi connectivity index (χ4n) is 5.50. The van der Waals surface area contributed by atoms with Crippen LogP contribution < -0.4 is 0 Å². The van der Waals surface area contributed by atoms with Crippen molar-refractivity contribution in [1.29, 1.82) is 0 Å². The van der Waals surface area contributed by atoms with Crippen LogP contribution in [0.2, 0.25) is 0 Å². The van der Waals surface area contributed by atoms with Crippen LogP contribution in [0.4, 0.5) is 0 Å². The van der Waals surface area contributed by atoms with Gasteiger partial charge in [-0.2, -0.15) is 0 Å². The van der Waals surface area contributed by atoms with Gasteiger partial charge in [0.25, 0.3) is 0 Å². The highest BCUT2D eigenvalue weighted by molar-refractivity contribution is 6.11. The molecule has 7 rings (SSSR count). The second kappa shape index (κ2) is 6.86. The second-order valence-corrected chi connectivity index (χ2v) is 8.93. The Balaban J connectivity index is 1.45. The van der Waals surface area contributed by atoms with Crippen molar-refractivity contribution in [3.63, 3.8) is 0 Å². The Kier molecular flexibility index (Phi) is 3.83. The number of benzene rings is 3. The first-order valence-electron chi connectivity index (χ1n) is 11.6. The van der Waals surface area contributed by atoms with Gasteiger partial charge in [0.05, 0.1) is 11.0 Å². The van der Waals surface area contributed by atoms with Gasteiger partial charge in [0.15, 0.2) is 0 Å². The molecule has 0 radical (unpaired) electrons. The predicted octanol–water partition coefficient (Wildman–Crippen LogP) is 8.09. The summed E-state index contributed by atoms with van der Waals surface area (Å²) in [5.74, 6) is 0. The lowest BCUT2D eigenvalue weighted by molar-refractivity contribution is 0.951. The fourth-order valence-corrected chi connectivity index (χ4v) is 5.50. The molecule has 0 atom stereocenters. The van der Waals surface area contributed by atoms with E-state index in [0.717, 1.165) is 25.7 Å². The summed E-state index contributed by atoms with van der Waals surface area (Å²) in [6, 6.07) is 22.6. The Hall–Kier alpha value is -3.78. The maximum Gasteiger partial charge on any atom is 0.0538 e. The number of rotatable bonds is 2. The molecule has 0 unspecified atom stereocenters. The molecule has 32 heavy (non-hydrogen) atoms.